The van der Waals surface area contributed by atoms with Crippen molar-refractivity contribution in [3.8, 4) is 6.07 Å². The third-order valence-corrected chi connectivity index (χ3v) is 5.20. The van der Waals surface area contributed by atoms with Gasteiger partial charge in [-0.3, -0.25) is 14.7 Å². The first kappa shape index (κ1) is 17.4. The van der Waals surface area contributed by atoms with Gasteiger partial charge in [0.05, 0.1) is 19.3 Å². The average Bonchev–Trinajstić information content (AvgIpc) is 2.65. The highest BCUT2D eigenvalue weighted by atomic mass is 16.5. The van der Waals surface area contributed by atoms with Gasteiger partial charge in [0.2, 0.25) is 0 Å². The third kappa shape index (κ3) is 4.34. The number of benzene rings is 1. The van der Waals surface area contributed by atoms with E-state index in [0.29, 0.717) is 6.04 Å². The van der Waals surface area contributed by atoms with Crippen LogP contribution >= 0.6 is 0 Å². The molecule has 2 unspecified atom stereocenters. The van der Waals surface area contributed by atoms with E-state index in [1.54, 1.807) is 0 Å². The Bertz CT molecular complexity index is 530. The van der Waals surface area contributed by atoms with E-state index in [2.05, 4.69) is 39.8 Å². The largest absolute Gasteiger partial charge is 0.379 e. The lowest BCUT2D eigenvalue weighted by molar-refractivity contribution is 0.0159. The molecule has 0 N–H and O–H groups in total. The summed E-state index contributed by atoms with van der Waals surface area (Å²) in [6.45, 7) is 11.3. The van der Waals surface area contributed by atoms with Crippen LogP contribution in [0.3, 0.4) is 0 Å². The summed E-state index contributed by atoms with van der Waals surface area (Å²) in [6.07, 6.45) is 0. The summed E-state index contributed by atoms with van der Waals surface area (Å²) >= 11 is 0. The van der Waals surface area contributed by atoms with Crippen LogP contribution in [0.15, 0.2) is 30.3 Å². The number of piperazine rings is 1. The standard InChI is InChI=1S/C19H28N4O/c1-17(16-21-11-13-24-14-12-21)22-7-9-23(10-8-22)19(15-20)18-5-3-2-4-6-18/h2-6,17,19H,7-14,16H2,1H3. The molecule has 1 aromatic carbocycles. The van der Waals surface area contributed by atoms with Crippen LogP contribution in [0.25, 0.3) is 0 Å². The van der Waals surface area contributed by atoms with Crippen LogP contribution in [-0.4, -0.2) is 79.8 Å². The van der Waals surface area contributed by atoms with Crippen molar-refractivity contribution in [2.75, 3.05) is 59.0 Å². The molecule has 2 saturated heterocycles. The van der Waals surface area contributed by atoms with Gasteiger partial charge in [0.25, 0.3) is 0 Å². The quantitative estimate of drug-likeness (QED) is 0.821. The monoisotopic (exact) mass is 328 g/mol. The van der Waals surface area contributed by atoms with E-state index in [4.69, 9.17) is 4.74 Å². The predicted molar refractivity (Wildman–Crippen MR) is 94.7 cm³/mol. The topological polar surface area (TPSA) is 42.7 Å². The summed E-state index contributed by atoms with van der Waals surface area (Å²) in [7, 11) is 0. The Hall–Kier alpha value is -1.45. The maximum absolute atomic E-state index is 9.60. The van der Waals surface area contributed by atoms with E-state index >= 15 is 0 Å². The van der Waals surface area contributed by atoms with Gasteiger partial charge in [0.1, 0.15) is 6.04 Å². The lowest BCUT2D eigenvalue weighted by atomic mass is 10.1. The minimum absolute atomic E-state index is 0.122. The molecule has 0 bridgehead atoms. The van der Waals surface area contributed by atoms with Gasteiger partial charge < -0.3 is 4.74 Å². The second-order valence-corrected chi connectivity index (χ2v) is 6.78. The van der Waals surface area contributed by atoms with E-state index in [1.165, 1.54) is 0 Å². The van der Waals surface area contributed by atoms with E-state index in [9.17, 15) is 5.26 Å². The summed E-state index contributed by atoms with van der Waals surface area (Å²) in [5.74, 6) is 0. The van der Waals surface area contributed by atoms with Crippen LogP contribution in [0.1, 0.15) is 18.5 Å². The molecule has 0 amide bonds. The molecule has 2 fully saturated rings. The first-order valence-corrected chi connectivity index (χ1v) is 9.00. The Morgan fingerprint density at radius 1 is 1.00 bits per heavy atom. The Morgan fingerprint density at radius 2 is 1.62 bits per heavy atom. The minimum atomic E-state index is -0.122. The molecule has 0 aliphatic carbocycles. The molecule has 0 aromatic heterocycles. The molecular weight excluding hydrogens is 300 g/mol. The highest BCUT2D eigenvalue weighted by Crippen LogP contribution is 2.22. The lowest BCUT2D eigenvalue weighted by Gasteiger charge is -2.41. The van der Waals surface area contributed by atoms with Gasteiger partial charge in [-0.25, -0.2) is 0 Å². The fraction of sp³-hybridized carbons (Fsp3) is 0.632. The van der Waals surface area contributed by atoms with Gasteiger partial charge in [-0.1, -0.05) is 30.3 Å². The Balaban J connectivity index is 1.50. The molecule has 5 nitrogen and oxygen atoms in total. The molecule has 1 aromatic rings. The maximum Gasteiger partial charge on any atom is 0.123 e. The molecule has 2 aliphatic rings. The van der Waals surface area contributed by atoms with Gasteiger partial charge in [-0.05, 0) is 12.5 Å². The smallest absolute Gasteiger partial charge is 0.123 e. The number of nitriles is 1. The maximum atomic E-state index is 9.60. The van der Waals surface area contributed by atoms with Crippen LogP contribution in [0, 0.1) is 11.3 Å². The van der Waals surface area contributed by atoms with Crippen LogP contribution in [0.4, 0.5) is 0 Å². The Labute approximate surface area is 145 Å². The third-order valence-electron chi connectivity index (χ3n) is 5.20. The Kier molecular flexibility index (Phi) is 6.22. The molecule has 0 saturated carbocycles. The normalized spacial score (nSPS) is 23.5. The molecule has 2 atom stereocenters. The highest BCUT2D eigenvalue weighted by molar-refractivity contribution is 5.24. The van der Waals surface area contributed by atoms with Crippen LogP contribution in [-0.2, 0) is 4.74 Å². The zero-order valence-electron chi connectivity index (χ0n) is 14.6. The van der Waals surface area contributed by atoms with Gasteiger partial charge >= 0.3 is 0 Å². The Morgan fingerprint density at radius 3 is 2.25 bits per heavy atom. The fourth-order valence-corrected chi connectivity index (χ4v) is 3.71. The SMILES string of the molecule is CC(CN1CCOCC1)N1CCN(C(C#N)c2ccccc2)CC1. The molecule has 5 heteroatoms. The van der Waals surface area contributed by atoms with E-state index in [0.717, 1.165) is 64.6 Å². The second-order valence-electron chi connectivity index (χ2n) is 6.78. The molecule has 2 heterocycles. The zero-order valence-corrected chi connectivity index (χ0v) is 14.6. The number of hydrogen-bond acceptors (Lipinski definition) is 5. The molecule has 3 rings (SSSR count). The van der Waals surface area contributed by atoms with E-state index in [1.807, 2.05) is 18.2 Å². The average molecular weight is 328 g/mol. The lowest BCUT2D eigenvalue weighted by Crippen LogP contribution is -2.53. The first-order chi connectivity index (χ1) is 11.8. The zero-order chi connectivity index (χ0) is 16.8. The van der Waals surface area contributed by atoms with Crippen molar-refractivity contribution in [3.05, 3.63) is 35.9 Å². The minimum Gasteiger partial charge on any atom is -0.379 e. The van der Waals surface area contributed by atoms with E-state index in [-0.39, 0.29) is 6.04 Å². The van der Waals surface area contributed by atoms with Crippen molar-refractivity contribution < 1.29 is 4.74 Å². The summed E-state index contributed by atoms with van der Waals surface area (Å²) in [6, 6.07) is 13.1. The van der Waals surface area contributed by atoms with Gasteiger partial charge in [0, 0.05) is 51.9 Å². The molecule has 130 valence electrons. The molecule has 2 aliphatic heterocycles. The summed E-state index contributed by atoms with van der Waals surface area (Å²) in [5.41, 5.74) is 1.11. The molecule has 0 radical (unpaired) electrons. The fourth-order valence-electron chi connectivity index (χ4n) is 3.71. The van der Waals surface area contributed by atoms with Crippen LogP contribution in [0.2, 0.25) is 0 Å². The van der Waals surface area contributed by atoms with Crippen LogP contribution in [0.5, 0.6) is 0 Å². The number of ether oxygens (including phenoxy) is 1. The molecular formula is C19H28N4O. The predicted octanol–water partition coefficient (Wildman–Crippen LogP) is 1.59. The summed E-state index contributed by atoms with van der Waals surface area (Å²) in [4.78, 5) is 7.38. The van der Waals surface area contributed by atoms with Crippen molar-refractivity contribution >= 4 is 0 Å². The van der Waals surface area contributed by atoms with Crippen molar-refractivity contribution in [1.82, 2.24) is 14.7 Å². The van der Waals surface area contributed by atoms with Crippen molar-refractivity contribution in [2.24, 2.45) is 0 Å². The second kappa shape index (κ2) is 8.59. The van der Waals surface area contributed by atoms with Crippen molar-refractivity contribution in [3.63, 3.8) is 0 Å². The van der Waals surface area contributed by atoms with Gasteiger partial charge in [0.15, 0.2) is 0 Å². The number of morpholine rings is 1. The van der Waals surface area contributed by atoms with Crippen molar-refractivity contribution in [2.45, 2.75) is 19.0 Å². The summed E-state index contributed by atoms with van der Waals surface area (Å²) in [5, 5.41) is 9.60. The number of rotatable bonds is 5. The molecule has 0 spiro atoms. The number of nitrogens with zero attached hydrogens (tertiary/aromatic N) is 4. The van der Waals surface area contributed by atoms with E-state index < -0.39 is 0 Å². The summed E-state index contributed by atoms with van der Waals surface area (Å²) < 4.78 is 5.43. The van der Waals surface area contributed by atoms with Crippen molar-refractivity contribution in [1.29, 1.82) is 5.26 Å². The van der Waals surface area contributed by atoms with Gasteiger partial charge in [-0.15, -0.1) is 0 Å². The molecule has 24 heavy (non-hydrogen) atoms. The highest BCUT2D eigenvalue weighted by Gasteiger charge is 2.27. The van der Waals surface area contributed by atoms with Gasteiger partial charge in [-0.2, -0.15) is 5.26 Å². The first-order valence-electron chi connectivity index (χ1n) is 9.00. The number of hydrogen-bond donors (Lipinski definition) is 0. The van der Waals surface area contributed by atoms with Crippen LogP contribution < -0.4 is 0 Å².